The number of amidine groups is 1. The quantitative estimate of drug-likeness (QED) is 0.416. The molecule has 8 nitrogen and oxygen atoms in total. The Morgan fingerprint density at radius 2 is 2.19 bits per heavy atom. The highest BCUT2D eigenvalue weighted by Crippen LogP contribution is 2.26. The van der Waals surface area contributed by atoms with Crippen LogP contribution >= 0.6 is 0 Å². The van der Waals surface area contributed by atoms with Gasteiger partial charge in [-0.1, -0.05) is 0 Å². The fraction of sp³-hybridized carbons (Fsp3) is 0.231. The SMILES string of the molecule is COc1ccc(C(=O)N(C)C)cc1N/N=C(\C#N)C(=N)N. The van der Waals surface area contributed by atoms with Crippen LogP contribution in [0.5, 0.6) is 5.75 Å². The summed E-state index contributed by atoms with van der Waals surface area (Å²) in [5.74, 6) is -0.198. The number of carbonyl (C=O) groups is 1. The van der Waals surface area contributed by atoms with Gasteiger partial charge in [0.2, 0.25) is 5.71 Å². The van der Waals surface area contributed by atoms with E-state index in [0.717, 1.165) is 0 Å². The van der Waals surface area contributed by atoms with E-state index < -0.39 is 5.84 Å². The first-order valence-corrected chi connectivity index (χ1v) is 5.88. The van der Waals surface area contributed by atoms with Crippen LogP contribution in [-0.2, 0) is 0 Å². The lowest BCUT2D eigenvalue weighted by Crippen LogP contribution is -2.22. The minimum atomic E-state index is -0.454. The standard InChI is InChI=1S/C13H16N6O2/c1-19(2)13(20)8-4-5-11(21-3)9(6-8)17-18-10(7-14)12(15)16/h4-6,17H,1-3H3,(H3,15,16)/b18-10+. The van der Waals surface area contributed by atoms with Crippen LogP contribution in [0.1, 0.15) is 10.4 Å². The van der Waals surface area contributed by atoms with E-state index in [-0.39, 0.29) is 11.6 Å². The molecular weight excluding hydrogens is 272 g/mol. The van der Waals surface area contributed by atoms with Gasteiger partial charge in [0.25, 0.3) is 5.91 Å². The minimum absolute atomic E-state index is 0.184. The molecule has 4 N–H and O–H groups in total. The van der Waals surface area contributed by atoms with Crippen molar-refractivity contribution in [3.63, 3.8) is 0 Å². The molecule has 0 aliphatic rings. The van der Waals surface area contributed by atoms with Gasteiger partial charge in [-0.3, -0.25) is 15.6 Å². The van der Waals surface area contributed by atoms with E-state index in [1.165, 1.54) is 12.0 Å². The fourth-order valence-corrected chi connectivity index (χ4v) is 1.45. The number of hydrazone groups is 1. The normalized spacial score (nSPS) is 10.5. The van der Waals surface area contributed by atoms with Gasteiger partial charge in [-0.2, -0.15) is 10.4 Å². The Kier molecular flexibility index (Phi) is 5.25. The second kappa shape index (κ2) is 6.91. The van der Waals surface area contributed by atoms with Gasteiger partial charge in [0, 0.05) is 19.7 Å². The molecule has 0 fully saturated rings. The number of hydrogen-bond acceptors (Lipinski definition) is 6. The van der Waals surface area contributed by atoms with Crippen molar-refractivity contribution in [3.8, 4) is 11.8 Å². The number of anilines is 1. The predicted octanol–water partition coefficient (Wildman–Crippen LogP) is 0.624. The number of rotatable bonds is 5. The van der Waals surface area contributed by atoms with Crippen molar-refractivity contribution < 1.29 is 9.53 Å². The Balaban J connectivity index is 3.16. The predicted molar refractivity (Wildman–Crippen MR) is 79.6 cm³/mol. The molecule has 0 aliphatic carbocycles. The van der Waals surface area contributed by atoms with Crippen LogP contribution < -0.4 is 15.9 Å². The maximum absolute atomic E-state index is 11.9. The lowest BCUT2D eigenvalue weighted by atomic mass is 10.1. The molecular formula is C13H16N6O2. The number of hydrogen-bond donors (Lipinski definition) is 3. The summed E-state index contributed by atoms with van der Waals surface area (Å²) in [7, 11) is 4.75. The van der Waals surface area contributed by atoms with Crippen molar-refractivity contribution in [2.45, 2.75) is 0 Å². The average molecular weight is 288 g/mol. The van der Waals surface area contributed by atoms with Crippen molar-refractivity contribution in [1.82, 2.24) is 4.90 Å². The molecule has 0 aromatic heterocycles. The molecule has 0 heterocycles. The topological polar surface area (TPSA) is 128 Å². The molecule has 0 spiro atoms. The van der Waals surface area contributed by atoms with Crippen molar-refractivity contribution in [3.05, 3.63) is 23.8 Å². The Morgan fingerprint density at radius 3 is 2.67 bits per heavy atom. The van der Waals surface area contributed by atoms with E-state index in [1.807, 2.05) is 0 Å². The summed E-state index contributed by atoms with van der Waals surface area (Å²) in [4.78, 5) is 13.3. The Hall–Kier alpha value is -3.08. The van der Waals surface area contributed by atoms with E-state index in [0.29, 0.717) is 17.0 Å². The van der Waals surface area contributed by atoms with Gasteiger partial charge in [-0.25, -0.2) is 0 Å². The van der Waals surface area contributed by atoms with Crippen molar-refractivity contribution in [2.24, 2.45) is 10.8 Å². The first-order valence-electron chi connectivity index (χ1n) is 5.88. The highest BCUT2D eigenvalue weighted by atomic mass is 16.5. The van der Waals surface area contributed by atoms with Crippen LogP contribution in [0.2, 0.25) is 0 Å². The summed E-state index contributed by atoms with van der Waals surface area (Å²) in [6.07, 6.45) is 0. The number of nitrogens with zero attached hydrogens (tertiary/aromatic N) is 3. The molecule has 1 aromatic rings. The third-order valence-electron chi connectivity index (χ3n) is 2.50. The van der Waals surface area contributed by atoms with Crippen molar-refractivity contribution in [2.75, 3.05) is 26.6 Å². The summed E-state index contributed by atoms with van der Waals surface area (Å²) >= 11 is 0. The molecule has 1 rings (SSSR count). The van der Waals surface area contributed by atoms with E-state index in [1.54, 1.807) is 38.4 Å². The first-order chi connectivity index (χ1) is 9.90. The molecule has 8 heteroatoms. The van der Waals surface area contributed by atoms with Crippen LogP contribution in [0.3, 0.4) is 0 Å². The van der Waals surface area contributed by atoms with E-state index >= 15 is 0 Å². The second-order valence-corrected chi connectivity index (χ2v) is 4.21. The van der Waals surface area contributed by atoms with Crippen molar-refractivity contribution in [1.29, 1.82) is 10.7 Å². The maximum Gasteiger partial charge on any atom is 0.253 e. The van der Waals surface area contributed by atoms with Crippen LogP contribution in [0, 0.1) is 16.7 Å². The zero-order valence-electron chi connectivity index (χ0n) is 12.0. The van der Waals surface area contributed by atoms with Crippen LogP contribution in [0.4, 0.5) is 5.69 Å². The molecule has 1 aromatic carbocycles. The molecule has 0 atom stereocenters. The number of nitrogens with two attached hydrogens (primary N) is 1. The van der Waals surface area contributed by atoms with Gasteiger partial charge < -0.3 is 15.4 Å². The molecule has 0 unspecified atom stereocenters. The molecule has 0 radical (unpaired) electrons. The average Bonchev–Trinajstić information content (AvgIpc) is 2.46. The maximum atomic E-state index is 11.9. The zero-order chi connectivity index (χ0) is 16.0. The number of nitrogens with one attached hydrogen (secondary N) is 2. The molecule has 0 aliphatic heterocycles. The fourth-order valence-electron chi connectivity index (χ4n) is 1.45. The Bertz CT molecular complexity index is 630. The summed E-state index contributed by atoms with van der Waals surface area (Å²) in [5, 5.41) is 19.7. The minimum Gasteiger partial charge on any atom is -0.495 e. The lowest BCUT2D eigenvalue weighted by molar-refractivity contribution is 0.0827. The molecule has 0 saturated heterocycles. The third kappa shape index (κ3) is 3.94. The Morgan fingerprint density at radius 1 is 1.52 bits per heavy atom. The third-order valence-corrected chi connectivity index (χ3v) is 2.50. The first kappa shape index (κ1) is 16.0. The number of benzene rings is 1. The Labute approximate surface area is 122 Å². The molecule has 21 heavy (non-hydrogen) atoms. The van der Waals surface area contributed by atoms with Gasteiger partial charge in [0.15, 0.2) is 5.84 Å². The van der Waals surface area contributed by atoms with Crippen LogP contribution in [-0.4, -0.2) is 43.6 Å². The van der Waals surface area contributed by atoms with Gasteiger partial charge in [-0.05, 0) is 18.2 Å². The molecule has 0 saturated carbocycles. The number of methoxy groups -OCH3 is 1. The summed E-state index contributed by atoms with van der Waals surface area (Å²) < 4.78 is 5.14. The molecule has 0 bridgehead atoms. The summed E-state index contributed by atoms with van der Waals surface area (Å²) in [6.45, 7) is 0. The van der Waals surface area contributed by atoms with E-state index in [4.69, 9.17) is 21.1 Å². The smallest absolute Gasteiger partial charge is 0.253 e. The highest BCUT2D eigenvalue weighted by Gasteiger charge is 2.12. The van der Waals surface area contributed by atoms with E-state index in [2.05, 4.69) is 10.5 Å². The van der Waals surface area contributed by atoms with Gasteiger partial charge in [0.05, 0.1) is 12.8 Å². The summed E-state index contributed by atoms with van der Waals surface area (Å²) in [6, 6.07) is 6.45. The number of carbonyl (C=O) groups excluding carboxylic acids is 1. The van der Waals surface area contributed by atoms with Crippen LogP contribution in [0.15, 0.2) is 23.3 Å². The van der Waals surface area contributed by atoms with Crippen LogP contribution in [0.25, 0.3) is 0 Å². The largest absolute Gasteiger partial charge is 0.495 e. The zero-order valence-corrected chi connectivity index (χ0v) is 12.0. The molecule has 1 amide bonds. The monoisotopic (exact) mass is 288 g/mol. The van der Waals surface area contributed by atoms with Gasteiger partial charge >= 0.3 is 0 Å². The number of amides is 1. The lowest BCUT2D eigenvalue weighted by Gasteiger charge is -2.13. The molecule has 110 valence electrons. The number of nitriles is 1. The summed E-state index contributed by atoms with van der Waals surface area (Å²) in [5.41, 5.74) is 8.33. The van der Waals surface area contributed by atoms with E-state index in [9.17, 15) is 4.79 Å². The highest BCUT2D eigenvalue weighted by molar-refractivity contribution is 6.45. The van der Waals surface area contributed by atoms with Gasteiger partial charge in [0.1, 0.15) is 11.8 Å². The van der Waals surface area contributed by atoms with Crippen molar-refractivity contribution >= 4 is 23.1 Å². The number of ether oxygens (including phenoxy) is 1. The second-order valence-electron chi connectivity index (χ2n) is 4.21. The van der Waals surface area contributed by atoms with Gasteiger partial charge in [-0.15, -0.1) is 0 Å².